The minimum atomic E-state index is -3.35. The Morgan fingerprint density at radius 1 is 1.29 bits per heavy atom. The van der Waals surface area contributed by atoms with Crippen molar-refractivity contribution in [2.45, 2.75) is 17.9 Å². The zero-order valence-corrected chi connectivity index (χ0v) is 15.3. The summed E-state index contributed by atoms with van der Waals surface area (Å²) < 4.78 is 25.1. The highest BCUT2D eigenvalue weighted by Gasteiger charge is 2.16. The Labute approximate surface area is 143 Å². The fourth-order valence-electron chi connectivity index (χ4n) is 1.83. The van der Waals surface area contributed by atoms with E-state index in [-0.39, 0.29) is 24.0 Å². The Morgan fingerprint density at radius 3 is 2.48 bits per heavy atom. The standard InChI is InChI=1S/C13H20N4O2S.HI/c1-17(2)20(18,19)12-6-4-11(5-7-12)10-16-13-14-8-3-9-15-13;/h4-7H,3,8-10H2,1-2H3,(H2,14,15,16);1H. The van der Waals surface area contributed by atoms with Gasteiger partial charge < -0.3 is 10.6 Å². The van der Waals surface area contributed by atoms with Gasteiger partial charge in [0.2, 0.25) is 10.0 Å². The Balaban J connectivity index is 0.00000220. The molecule has 1 aromatic carbocycles. The fourth-order valence-corrected chi connectivity index (χ4v) is 2.73. The van der Waals surface area contributed by atoms with E-state index in [4.69, 9.17) is 0 Å². The van der Waals surface area contributed by atoms with Gasteiger partial charge >= 0.3 is 0 Å². The first-order chi connectivity index (χ1) is 9.50. The van der Waals surface area contributed by atoms with Gasteiger partial charge in [0.25, 0.3) is 0 Å². The first kappa shape index (κ1) is 18.2. The van der Waals surface area contributed by atoms with Crippen LogP contribution in [0.25, 0.3) is 0 Å². The summed E-state index contributed by atoms with van der Waals surface area (Å²) in [7, 11) is -0.301. The topological polar surface area (TPSA) is 73.8 Å². The van der Waals surface area contributed by atoms with Gasteiger partial charge in [0.1, 0.15) is 0 Å². The van der Waals surface area contributed by atoms with Crippen LogP contribution in [0.3, 0.4) is 0 Å². The largest absolute Gasteiger partial charge is 0.356 e. The van der Waals surface area contributed by atoms with E-state index in [9.17, 15) is 8.42 Å². The third kappa shape index (κ3) is 4.82. The lowest BCUT2D eigenvalue weighted by molar-refractivity contribution is 0.520. The molecule has 1 aromatic rings. The summed E-state index contributed by atoms with van der Waals surface area (Å²) in [5, 5.41) is 6.37. The molecular weight excluding hydrogens is 403 g/mol. The van der Waals surface area contributed by atoms with Gasteiger partial charge in [-0.3, -0.25) is 4.99 Å². The quantitative estimate of drug-likeness (QED) is 0.708. The molecule has 0 bridgehead atoms. The number of aliphatic imine (C=N–C) groups is 1. The lowest BCUT2D eigenvalue weighted by atomic mass is 10.2. The van der Waals surface area contributed by atoms with E-state index < -0.39 is 10.0 Å². The molecular formula is C13H21IN4O2S. The number of nitrogens with zero attached hydrogens (tertiary/aromatic N) is 2. The zero-order valence-electron chi connectivity index (χ0n) is 12.2. The van der Waals surface area contributed by atoms with Crippen molar-refractivity contribution in [3.8, 4) is 0 Å². The Hall–Kier alpha value is -0.870. The van der Waals surface area contributed by atoms with Gasteiger partial charge in [-0.2, -0.15) is 0 Å². The van der Waals surface area contributed by atoms with Gasteiger partial charge in [-0.05, 0) is 24.1 Å². The van der Waals surface area contributed by atoms with E-state index in [1.54, 1.807) is 12.1 Å². The summed E-state index contributed by atoms with van der Waals surface area (Å²) in [5.41, 5.74) is 1.01. The predicted molar refractivity (Wildman–Crippen MR) is 94.5 cm³/mol. The summed E-state index contributed by atoms with van der Waals surface area (Å²) in [5.74, 6) is 0.807. The third-order valence-corrected chi connectivity index (χ3v) is 4.89. The summed E-state index contributed by atoms with van der Waals surface area (Å²) in [6.45, 7) is 2.40. The molecule has 0 fully saturated rings. The van der Waals surface area contributed by atoms with Crippen LogP contribution in [0.4, 0.5) is 0 Å². The van der Waals surface area contributed by atoms with E-state index in [1.165, 1.54) is 18.4 Å². The van der Waals surface area contributed by atoms with Gasteiger partial charge in [-0.25, -0.2) is 12.7 Å². The van der Waals surface area contributed by atoms with Gasteiger partial charge in [-0.15, -0.1) is 24.0 Å². The number of sulfonamides is 1. The van der Waals surface area contributed by atoms with Crippen LogP contribution in [0.1, 0.15) is 12.0 Å². The van der Waals surface area contributed by atoms with Crippen LogP contribution in [0.2, 0.25) is 0 Å². The summed E-state index contributed by atoms with van der Waals surface area (Å²) in [6.07, 6.45) is 1.06. The first-order valence-electron chi connectivity index (χ1n) is 6.54. The second-order valence-electron chi connectivity index (χ2n) is 4.80. The molecule has 0 amide bonds. The van der Waals surface area contributed by atoms with Gasteiger partial charge in [0.15, 0.2) is 5.96 Å². The van der Waals surface area contributed by atoms with Crippen molar-refractivity contribution in [2.24, 2.45) is 4.99 Å². The molecule has 21 heavy (non-hydrogen) atoms. The number of benzene rings is 1. The fraction of sp³-hybridized carbons (Fsp3) is 0.462. The highest BCUT2D eigenvalue weighted by Crippen LogP contribution is 2.13. The molecule has 0 saturated carbocycles. The maximum Gasteiger partial charge on any atom is 0.242 e. The van der Waals surface area contributed by atoms with Gasteiger partial charge in [-0.1, -0.05) is 12.1 Å². The van der Waals surface area contributed by atoms with Gasteiger partial charge in [0.05, 0.1) is 4.90 Å². The van der Waals surface area contributed by atoms with E-state index in [0.29, 0.717) is 11.4 Å². The molecule has 6 nitrogen and oxygen atoms in total. The number of guanidine groups is 1. The van der Waals surface area contributed by atoms with Crippen molar-refractivity contribution in [3.05, 3.63) is 29.8 Å². The van der Waals surface area contributed by atoms with Crippen LogP contribution in [0, 0.1) is 0 Å². The lowest BCUT2D eigenvalue weighted by Gasteiger charge is -2.16. The monoisotopic (exact) mass is 424 g/mol. The average molecular weight is 424 g/mol. The molecule has 1 aliphatic heterocycles. The molecule has 0 unspecified atom stereocenters. The molecule has 8 heteroatoms. The van der Waals surface area contributed by atoms with Crippen molar-refractivity contribution in [2.75, 3.05) is 27.2 Å². The van der Waals surface area contributed by atoms with Crippen molar-refractivity contribution < 1.29 is 8.42 Å². The molecule has 1 heterocycles. The maximum absolute atomic E-state index is 11.9. The van der Waals surface area contributed by atoms with Crippen LogP contribution in [-0.4, -0.2) is 45.9 Å². The molecule has 0 aliphatic carbocycles. The molecule has 0 aromatic heterocycles. The molecule has 118 valence electrons. The summed E-state index contributed by atoms with van der Waals surface area (Å²) in [6, 6.07) is 6.88. The number of rotatable bonds is 4. The minimum absolute atomic E-state index is 0. The lowest BCUT2D eigenvalue weighted by Crippen LogP contribution is -2.40. The smallest absolute Gasteiger partial charge is 0.242 e. The van der Waals surface area contributed by atoms with E-state index in [2.05, 4.69) is 15.6 Å². The molecule has 0 atom stereocenters. The zero-order chi connectivity index (χ0) is 14.6. The number of hydrogen-bond donors (Lipinski definition) is 2. The van der Waals surface area contributed by atoms with Crippen LogP contribution in [0.15, 0.2) is 34.2 Å². The Morgan fingerprint density at radius 2 is 1.95 bits per heavy atom. The normalized spacial score (nSPS) is 14.9. The first-order valence-corrected chi connectivity index (χ1v) is 7.98. The van der Waals surface area contributed by atoms with Crippen molar-refractivity contribution >= 4 is 40.0 Å². The molecule has 2 rings (SSSR count). The second-order valence-corrected chi connectivity index (χ2v) is 6.95. The predicted octanol–water partition coefficient (Wildman–Crippen LogP) is 0.994. The van der Waals surface area contributed by atoms with Crippen molar-refractivity contribution in [1.29, 1.82) is 0 Å². The van der Waals surface area contributed by atoms with E-state index in [1.807, 2.05) is 12.1 Å². The Bertz CT molecular complexity index is 585. The number of hydrogen-bond acceptors (Lipinski definition) is 5. The highest BCUT2D eigenvalue weighted by atomic mass is 127. The summed E-state index contributed by atoms with van der Waals surface area (Å²) >= 11 is 0. The number of halogens is 1. The molecule has 0 spiro atoms. The molecule has 2 N–H and O–H groups in total. The third-order valence-electron chi connectivity index (χ3n) is 3.06. The second kappa shape index (κ2) is 7.95. The molecule has 0 saturated heterocycles. The van der Waals surface area contributed by atoms with Crippen molar-refractivity contribution in [3.63, 3.8) is 0 Å². The molecule has 1 aliphatic rings. The Kier molecular flexibility index (Phi) is 6.88. The van der Waals surface area contributed by atoms with Crippen LogP contribution >= 0.6 is 24.0 Å². The summed E-state index contributed by atoms with van der Waals surface area (Å²) in [4.78, 5) is 4.62. The van der Waals surface area contributed by atoms with Gasteiger partial charge in [0, 0.05) is 33.7 Å². The van der Waals surface area contributed by atoms with Crippen LogP contribution in [0.5, 0.6) is 0 Å². The molecule has 0 radical (unpaired) electrons. The average Bonchev–Trinajstić information content (AvgIpc) is 2.46. The maximum atomic E-state index is 11.9. The SMILES string of the molecule is CN(C)S(=O)(=O)c1ccc(CNC2=NCCCN2)cc1.I. The van der Waals surface area contributed by atoms with E-state index >= 15 is 0 Å². The van der Waals surface area contributed by atoms with Crippen LogP contribution < -0.4 is 10.6 Å². The van der Waals surface area contributed by atoms with Crippen LogP contribution in [-0.2, 0) is 16.6 Å². The highest BCUT2D eigenvalue weighted by molar-refractivity contribution is 14.0. The minimum Gasteiger partial charge on any atom is -0.356 e. The number of nitrogens with one attached hydrogen (secondary N) is 2. The van der Waals surface area contributed by atoms with Crippen molar-refractivity contribution in [1.82, 2.24) is 14.9 Å². The van der Waals surface area contributed by atoms with E-state index in [0.717, 1.165) is 31.0 Å².